The van der Waals surface area contributed by atoms with Gasteiger partial charge in [-0.15, -0.1) is 0 Å². The average molecular weight is 577 g/mol. The lowest BCUT2D eigenvalue weighted by Gasteiger charge is -2.14. The van der Waals surface area contributed by atoms with E-state index in [-0.39, 0.29) is 16.9 Å². The van der Waals surface area contributed by atoms with Crippen LogP contribution in [0.2, 0.25) is 0 Å². The number of carbonyl (C=O) groups excluding carboxylic acids is 1. The summed E-state index contributed by atoms with van der Waals surface area (Å²) in [6, 6.07) is 16.6. The van der Waals surface area contributed by atoms with E-state index in [2.05, 4.69) is 25.7 Å². The van der Waals surface area contributed by atoms with E-state index in [9.17, 15) is 4.79 Å². The van der Waals surface area contributed by atoms with Gasteiger partial charge in [0.2, 0.25) is 0 Å². The second-order valence-electron chi connectivity index (χ2n) is 11.1. The largest absolute Gasteiger partial charge is 0.457 e. The Labute approximate surface area is 247 Å². The zero-order chi connectivity index (χ0) is 30.1. The molecule has 216 valence electrons. The van der Waals surface area contributed by atoms with Crippen molar-refractivity contribution in [3.8, 4) is 28.4 Å². The molecular formula is C32H29FN8O2. The lowest BCUT2D eigenvalue weighted by Crippen LogP contribution is -2.22. The van der Waals surface area contributed by atoms with Crippen LogP contribution in [0.5, 0.6) is 11.5 Å². The summed E-state index contributed by atoms with van der Waals surface area (Å²) in [6.07, 6.45) is 8.67. The number of hydrogen-bond donors (Lipinski definition) is 2. The van der Waals surface area contributed by atoms with Gasteiger partial charge in [-0.05, 0) is 41.8 Å². The van der Waals surface area contributed by atoms with Crippen LogP contribution in [0.15, 0.2) is 91.6 Å². The predicted octanol–water partition coefficient (Wildman–Crippen LogP) is 7.09. The minimum Gasteiger partial charge on any atom is -0.457 e. The maximum atomic E-state index is 15.1. The molecule has 0 saturated carbocycles. The molecule has 0 bridgehead atoms. The number of nitrogens with one attached hydrogen (secondary N) is 2. The van der Waals surface area contributed by atoms with E-state index in [1.807, 2.05) is 64.3 Å². The van der Waals surface area contributed by atoms with Gasteiger partial charge in [-0.25, -0.2) is 13.9 Å². The first kappa shape index (κ1) is 27.6. The van der Waals surface area contributed by atoms with Gasteiger partial charge in [-0.1, -0.05) is 26.8 Å². The van der Waals surface area contributed by atoms with E-state index in [1.165, 1.54) is 12.1 Å². The number of carbonyl (C=O) groups is 1. The quantitative estimate of drug-likeness (QED) is 0.219. The van der Waals surface area contributed by atoms with Crippen LogP contribution >= 0.6 is 0 Å². The Kier molecular flexibility index (Phi) is 7.06. The van der Waals surface area contributed by atoms with Gasteiger partial charge in [0.25, 0.3) is 0 Å². The number of aryl methyl sites for hydroxylation is 1. The van der Waals surface area contributed by atoms with Crippen LogP contribution in [0.1, 0.15) is 26.5 Å². The Hall–Kier alpha value is -5.58. The molecular weight excluding hydrogens is 547 g/mol. The second-order valence-corrected chi connectivity index (χ2v) is 11.1. The molecule has 11 heteroatoms. The van der Waals surface area contributed by atoms with E-state index >= 15 is 4.39 Å². The van der Waals surface area contributed by atoms with Crippen LogP contribution in [0.25, 0.3) is 27.7 Å². The highest BCUT2D eigenvalue weighted by molar-refractivity contribution is 5.99. The maximum Gasteiger partial charge on any atom is 0.324 e. The molecule has 10 nitrogen and oxygen atoms in total. The summed E-state index contributed by atoms with van der Waals surface area (Å²) < 4.78 is 24.3. The number of halogens is 1. The van der Waals surface area contributed by atoms with E-state index in [1.54, 1.807) is 52.4 Å². The van der Waals surface area contributed by atoms with Crippen molar-refractivity contribution >= 4 is 28.3 Å². The molecule has 43 heavy (non-hydrogen) atoms. The van der Waals surface area contributed by atoms with E-state index in [0.29, 0.717) is 17.3 Å². The third kappa shape index (κ3) is 6.05. The molecule has 0 aliphatic rings. The summed E-state index contributed by atoms with van der Waals surface area (Å²) in [7, 11) is 1.82. The number of nitrogens with zero attached hydrogens (tertiary/aromatic N) is 6. The summed E-state index contributed by atoms with van der Waals surface area (Å²) in [4.78, 5) is 21.6. The average Bonchev–Trinajstić information content (AvgIpc) is 3.61. The smallest absolute Gasteiger partial charge is 0.324 e. The van der Waals surface area contributed by atoms with E-state index in [4.69, 9.17) is 9.84 Å². The van der Waals surface area contributed by atoms with Crippen LogP contribution in [0.4, 0.5) is 20.7 Å². The fourth-order valence-corrected chi connectivity index (χ4v) is 4.49. The second kappa shape index (κ2) is 11.0. The number of fused-ring (bicyclic) bond motifs is 1. The molecule has 6 aromatic rings. The normalized spacial score (nSPS) is 11.5. The number of pyridine rings is 2. The number of benzene rings is 2. The van der Waals surface area contributed by atoms with Crippen LogP contribution < -0.4 is 15.4 Å². The lowest BCUT2D eigenvalue weighted by molar-refractivity contribution is 0.262. The van der Waals surface area contributed by atoms with Crippen molar-refractivity contribution in [1.29, 1.82) is 0 Å². The minimum absolute atomic E-state index is 0.00376. The fraction of sp³-hybridized carbons (Fsp3) is 0.156. The SMILES string of the molecule is Cn1cc(-c2cc(Oc3ccc(NC(=O)Nc4cc(C(C)(C)C)nn4-c4ccc5cnccc5c4)c(F)c3)ccn2)cn1. The summed E-state index contributed by atoms with van der Waals surface area (Å²) in [5.41, 5.74) is 2.78. The fourth-order valence-electron chi connectivity index (χ4n) is 4.49. The van der Waals surface area contributed by atoms with Crippen molar-refractivity contribution < 1.29 is 13.9 Å². The molecule has 0 saturated heterocycles. The van der Waals surface area contributed by atoms with Crippen molar-refractivity contribution in [2.45, 2.75) is 26.2 Å². The first-order valence-corrected chi connectivity index (χ1v) is 13.6. The van der Waals surface area contributed by atoms with Gasteiger partial charge in [-0.3, -0.25) is 20.0 Å². The Morgan fingerprint density at radius 3 is 2.51 bits per heavy atom. The number of amides is 2. The van der Waals surface area contributed by atoms with Crippen molar-refractivity contribution in [3.63, 3.8) is 0 Å². The van der Waals surface area contributed by atoms with Crippen molar-refractivity contribution in [3.05, 3.63) is 103 Å². The van der Waals surface area contributed by atoms with Gasteiger partial charge in [0.05, 0.1) is 29.0 Å². The van der Waals surface area contributed by atoms with Crippen molar-refractivity contribution in [1.82, 2.24) is 29.5 Å². The zero-order valence-corrected chi connectivity index (χ0v) is 24.0. The lowest BCUT2D eigenvalue weighted by atomic mass is 9.92. The third-order valence-corrected chi connectivity index (χ3v) is 6.74. The number of urea groups is 1. The molecule has 2 N–H and O–H groups in total. The van der Waals surface area contributed by atoms with E-state index < -0.39 is 11.8 Å². The van der Waals surface area contributed by atoms with Crippen LogP contribution in [-0.2, 0) is 12.5 Å². The Morgan fingerprint density at radius 1 is 0.907 bits per heavy atom. The van der Waals surface area contributed by atoms with Crippen molar-refractivity contribution in [2.75, 3.05) is 10.6 Å². The molecule has 2 amide bonds. The molecule has 4 heterocycles. The predicted molar refractivity (Wildman–Crippen MR) is 163 cm³/mol. The molecule has 4 aromatic heterocycles. The van der Waals surface area contributed by atoms with E-state index in [0.717, 1.165) is 27.7 Å². The molecule has 0 spiro atoms. The van der Waals surface area contributed by atoms with Crippen LogP contribution in [0.3, 0.4) is 0 Å². The number of hydrogen-bond acceptors (Lipinski definition) is 6. The van der Waals surface area contributed by atoms with Gasteiger partial charge >= 0.3 is 6.03 Å². The molecule has 6 rings (SSSR count). The zero-order valence-electron chi connectivity index (χ0n) is 24.0. The molecule has 0 atom stereocenters. The van der Waals surface area contributed by atoms with Gasteiger partial charge in [0.1, 0.15) is 23.1 Å². The highest BCUT2D eigenvalue weighted by Crippen LogP contribution is 2.30. The molecule has 0 aliphatic heterocycles. The van der Waals surface area contributed by atoms with Gasteiger partial charge < -0.3 is 10.1 Å². The molecule has 0 radical (unpaired) electrons. The minimum atomic E-state index is -0.652. The van der Waals surface area contributed by atoms with Gasteiger partial charge in [0.15, 0.2) is 0 Å². The van der Waals surface area contributed by atoms with Crippen LogP contribution in [0, 0.1) is 5.82 Å². The summed E-state index contributed by atoms with van der Waals surface area (Å²) in [5.74, 6) is 0.547. The summed E-state index contributed by atoms with van der Waals surface area (Å²) in [5, 5.41) is 16.3. The standard InChI is InChI=1S/C32H29FN8O2/c1-32(2,3)29-16-30(41(39-29)23-6-5-21-17-34-11-9-20(21)13-23)38-31(42)37-27-8-7-24(14-26(27)33)43-25-10-12-35-28(15-25)22-18-36-40(4)19-22/h5-19H,1-4H3,(H2,37,38,42). The molecule has 0 unspecified atom stereocenters. The summed E-state index contributed by atoms with van der Waals surface area (Å²) in [6.45, 7) is 6.13. The van der Waals surface area contributed by atoms with Crippen LogP contribution in [-0.4, -0.2) is 35.6 Å². The molecule has 0 fully saturated rings. The number of aromatic nitrogens is 6. The van der Waals surface area contributed by atoms with Crippen molar-refractivity contribution in [2.24, 2.45) is 7.05 Å². The maximum absolute atomic E-state index is 15.1. The van der Waals surface area contributed by atoms with Gasteiger partial charge in [-0.2, -0.15) is 10.2 Å². The molecule has 2 aromatic carbocycles. The number of anilines is 2. The Bertz CT molecular complexity index is 1960. The van der Waals surface area contributed by atoms with Gasteiger partial charge in [0, 0.05) is 66.4 Å². The highest BCUT2D eigenvalue weighted by atomic mass is 19.1. The third-order valence-electron chi connectivity index (χ3n) is 6.74. The monoisotopic (exact) mass is 576 g/mol. The molecule has 0 aliphatic carbocycles. The number of ether oxygens (including phenoxy) is 1. The topological polar surface area (TPSA) is 112 Å². The first-order chi connectivity index (χ1) is 20.6. The summed E-state index contributed by atoms with van der Waals surface area (Å²) >= 11 is 0. The Morgan fingerprint density at radius 2 is 1.74 bits per heavy atom. The highest BCUT2D eigenvalue weighted by Gasteiger charge is 2.22. The Balaban J connectivity index is 1.19. The first-order valence-electron chi connectivity index (χ1n) is 13.6. The number of rotatable bonds is 6.